The lowest BCUT2D eigenvalue weighted by atomic mass is 10.1. The number of hydrogen-bond acceptors (Lipinski definition) is 5. The normalized spacial score (nSPS) is 11.4. The summed E-state index contributed by atoms with van der Waals surface area (Å²) in [5.41, 5.74) is 3.20. The van der Waals surface area contributed by atoms with Crippen LogP contribution in [-0.2, 0) is 17.8 Å². The molecule has 0 aliphatic rings. The van der Waals surface area contributed by atoms with E-state index in [2.05, 4.69) is 45.7 Å². The van der Waals surface area contributed by atoms with Gasteiger partial charge in [0.15, 0.2) is 5.96 Å². The van der Waals surface area contributed by atoms with Gasteiger partial charge in [0.25, 0.3) is 0 Å². The second kappa shape index (κ2) is 11.9. The van der Waals surface area contributed by atoms with Crippen LogP contribution in [0.4, 0.5) is 0 Å². The zero-order chi connectivity index (χ0) is 21.1. The lowest BCUT2D eigenvalue weighted by Gasteiger charge is -2.17. The highest BCUT2D eigenvalue weighted by molar-refractivity contribution is 5.79. The van der Waals surface area contributed by atoms with Crippen molar-refractivity contribution >= 4 is 5.96 Å². The molecule has 158 valence electrons. The minimum absolute atomic E-state index is 0.120. The largest absolute Gasteiger partial charge is 0.491 e. The fourth-order valence-electron chi connectivity index (χ4n) is 2.66. The van der Waals surface area contributed by atoms with Crippen LogP contribution < -0.4 is 20.1 Å². The number of aliphatic imine (C=N–C) groups is 1. The molecule has 0 atom stereocenters. The molecule has 2 N–H and O–H groups in total. The molecule has 0 spiro atoms. The smallest absolute Gasteiger partial charge is 0.218 e. The van der Waals surface area contributed by atoms with Gasteiger partial charge in [-0.2, -0.15) is 0 Å². The Hall–Kier alpha value is -2.80. The monoisotopic (exact) mass is 400 g/mol. The molecule has 0 radical (unpaired) electrons. The van der Waals surface area contributed by atoms with Crippen molar-refractivity contribution in [1.82, 2.24) is 15.6 Å². The minimum Gasteiger partial charge on any atom is -0.491 e. The lowest BCUT2D eigenvalue weighted by Crippen LogP contribution is -2.36. The Labute approximate surface area is 173 Å². The minimum atomic E-state index is 0.120. The summed E-state index contributed by atoms with van der Waals surface area (Å²) in [6, 6.07) is 10.1. The number of benzene rings is 1. The van der Waals surface area contributed by atoms with Crippen molar-refractivity contribution in [3.05, 3.63) is 53.2 Å². The molecule has 0 fully saturated rings. The van der Waals surface area contributed by atoms with Crippen molar-refractivity contribution in [2.75, 3.05) is 27.4 Å². The number of hydrogen-bond donors (Lipinski definition) is 2. The fourth-order valence-corrected chi connectivity index (χ4v) is 2.66. The number of guanidine groups is 1. The van der Waals surface area contributed by atoms with Crippen LogP contribution in [-0.4, -0.2) is 44.4 Å². The summed E-state index contributed by atoms with van der Waals surface area (Å²) in [4.78, 5) is 8.60. The molecule has 7 heteroatoms. The number of pyridine rings is 1. The van der Waals surface area contributed by atoms with Gasteiger partial charge in [0.05, 0.1) is 12.7 Å². The van der Waals surface area contributed by atoms with E-state index in [1.807, 2.05) is 26.0 Å². The number of aryl methyl sites for hydroxylation is 1. The molecule has 0 aliphatic carbocycles. The van der Waals surface area contributed by atoms with Gasteiger partial charge in [-0.15, -0.1) is 0 Å². The quantitative estimate of drug-likeness (QED) is 0.363. The third-order valence-corrected chi connectivity index (χ3v) is 4.08. The van der Waals surface area contributed by atoms with Crippen molar-refractivity contribution in [2.24, 2.45) is 4.99 Å². The number of methoxy groups -OCH3 is 1. The molecular weight excluding hydrogens is 368 g/mol. The predicted octanol–water partition coefficient (Wildman–Crippen LogP) is 3.07. The van der Waals surface area contributed by atoms with E-state index in [1.165, 1.54) is 5.56 Å². The first kappa shape index (κ1) is 22.5. The van der Waals surface area contributed by atoms with Crippen LogP contribution >= 0.6 is 0 Å². The Balaban J connectivity index is 1.96. The number of ether oxygens (including phenoxy) is 3. The van der Waals surface area contributed by atoms with Gasteiger partial charge in [0, 0.05) is 44.6 Å². The molecule has 0 saturated heterocycles. The maximum absolute atomic E-state index is 5.95. The summed E-state index contributed by atoms with van der Waals surface area (Å²) in [5.74, 6) is 2.18. The molecule has 0 aliphatic heterocycles. The Morgan fingerprint density at radius 2 is 1.86 bits per heavy atom. The zero-order valence-electron chi connectivity index (χ0n) is 18.0. The molecule has 1 aromatic carbocycles. The third kappa shape index (κ3) is 7.62. The summed E-state index contributed by atoms with van der Waals surface area (Å²) in [6.07, 6.45) is 1.84. The highest BCUT2D eigenvalue weighted by Gasteiger charge is 2.09. The van der Waals surface area contributed by atoms with E-state index >= 15 is 0 Å². The SMILES string of the molecule is CN=C(NCc1ccc(C)cc1OC(C)C)NCc1cccnc1OCCOC. The standard InChI is InChI=1S/C22H32N4O3/c1-16(2)29-20-13-17(3)8-9-18(20)14-25-22(23-4)26-15-19-7-6-10-24-21(19)28-12-11-27-5/h6-10,13,16H,11-12,14-15H2,1-5H3,(H2,23,25,26). The van der Waals surface area contributed by atoms with E-state index in [-0.39, 0.29) is 6.10 Å². The molecule has 0 unspecified atom stereocenters. The summed E-state index contributed by atoms with van der Waals surface area (Å²) in [6.45, 7) is 8.24. The van der Waals surface area contributed by atoms with Crippen molar-refractivity contribution in [2.45, 2.75) is 40.0 Å². The van der Waals surface area contributed by atoms with Crippen LogP contribution in [0.1, 0.15) is 30.5 Å². The van der Waals surface area contributed by atoms with Crippen LogP contribution in [0.25, 0.3) is 0 Å². The average molecular weight is 401 g/mol. The predicted molar refractivity (Wildman–Crippen MR) is 116 cm³/mol. The van der Waals surface area contributed by atoms with Gasteiger partial charge >= 0.3 is 0 Å². The molecular formula is C22H32N4O3. The van der Waals surface area contributed by atoms with E-state index in [4.69, 9.17) is 14.2 Å². The summed E-state index contributed by atoms with van der Waals surface area (Å²) in [7, 11) is 3.39. The Kier molecular flexibility index (Phi) is 9.24. The molecule has 2 rings (SSSR count). The van der Waals surface area contributed by atoms with Gasteiger partial charge < -0.3 is 24.8 Å². The van der Waals surface area contributed by atoms with Gasteiger partial charge in [-0.25, -0.2) is 4.98 Å². The van der Waals surface area contributed by atoms with Gasteiger partial charge in [-0.3, -0.25) is 4.99 Å². The first-order valence-electron chi connectivity index (χ1n) is 9.79. The Morgan fingerprint density at radius 3 is 2.55 bits per heavy atom. The van der Waals surface area contributed by atoms with Gasteiger partial charge in [0.1, 0.15) is 12.4 Å². The zero-order valence-corrected chi connectivity index (χ0v) is 18.0. The maximum Gasteiger partial charge on any atom is 0.218 e. The second-order valence-corrected chi connectivity index (χ2v) is 6.87. The van der Waals surface area contributed by atoms with Crippen molar-refractivity contribution in [3.63, 3.8) is 0 Å². The number of nitrogens with zero attached hydrogens (tertiary/aromatic N) is 2. The first-order chi connectivity index (χ1) is 14.0. The molecule has 0 amide bonds. The summed E-state index contributed by atoms with van der Waals surface area (Å²) < 4.78 is 16.7. The van der Waals surface area contributed by atoms with Crippen LogP contribution in [0, 0.1) is 6.92 Å². The van der Waals surface area contributed by atoms with E-state index in [0.29, 0.717) is 38.1 Å². The maximum atomic E-state index is 5.95. The topological polar surface area (TPSA) is 77.0 Å². The first-order valence-corrected chi connectivity index (χ1v) is 9.79. The van der Waals surface area contributed by atoms with Gasteiger partial charge in [0.2, 0.25) is 5.88 Å². The van der Waals surface area contributed by atoms with Crippen molar-refractivity contribution in [3.8, 4) is 11.6 Å². The van der Waals surface area contributed by atoms with Crippen molar-refractivity contribution < 1.29 is 14.2 Å². The average Bonchev–Trinajstić information content (AvgIpc) is 2.70. The van der Waals surface area contributed by atoms with Crippen LogP contribution in [0.15, 0.2) is 41.5 Å². The molecule has 1 aromatic heterocycles. The molecule has 1 heterocycles. The van der Waals surface area contributed by atoms with E-state index in [0.717, 1.165) is 16.9 Å². The molecule has 2 aromatic rings. The summed E-state index contributed by atoms with van der Waals surface area (Å²) in [5, 5.41) is 6.64. The fraction of sp³-hybridized carbons (Fsp3) is 0.455. The summed E-state index contributed by atoms with van der Waals surface area (Å²) >= 11 is 0. The highest BCUT2D eigenvalue weighted by atomic mass is 16.5. The lowest BCUT2D eigenvalue weighted by molar-refractivity contribution is 0.143. The number of aromatic nitrogens is 1. The molecule has 29 heavy (non-hydrogen) atoms. The highest BCUT2D eigenvalue weighted by Crippen LogP contribution is 2.21. The van der Waals surface area contributed by atoms with Crippen molar-refractivity contribution in [1.29, 1.82) is 0 Å². The second-order valence-electron chi connectivity index (χ2n) is 6.87. The molecule has 0 bridgehead atoms. The van der Waals surface area contributed by atoms with E-state index in [9.17, 15) is 0 Å². The Morgan fingerprint density at radius 1 is 1.10 bits per heavy atom. The van der Waals surface area contributed by atoms with Crippen LogP contribution in [0.3, 0.4) is 0 Å². The molecule has 7 nitrogen and oxygen atoms in total. The Bertz CT molecular complexity index is 793. The van der Waals surface area contributed by atoms with Crippen LogP contribution in [0.2, 0.25) is 0 Å². The third-order valence-electron chi connectivity index (χ3n) is 4.08. The van der Waals surface area contributed by atoms with Crippen LogP contribution in [0.5, 0.6) is 11.6 Å². The van der Waals surface area contributed by atoms with Gasteiger partial charge in [-0.1, -0.05) is 18.2 Å². The van der Waals surface area contributed by atoms with E-state index in [1.54, 1.807) is 20.4 Å². The number of nitrogens with one attached hydrogen (secondary N) is 2. The molecule has 0 saturated carbocycles. The van der Waals surface area contributed by atoms with E-state index < -0.39 is 0 Å². The number of rotatable bonds is 10. The van der Waals surface area contributed by atoms with Gasteiger partial charge in [-0.05, 0) is 38.5 Å².